The van der Waals surface area contributed by atoms with E-state index in [1.165, 1.54) is 128 Å². The lowest BCUT2D eigenvalue weighted by molar-refractivity contribution is -0.161. The Morgan fingerprint density at radius 2 is 0.531 bits per heavy atom. The maximum atomic E-state index is 13.1. The molecule has 0 saturated carbocycles. The first-order chi connectivity index (χ1) is 47.7. The van der Waals surface area contributed by atoms with E-state index in [1.54, 1.807) is 0 Å². The van der Waals surface area contributed by atoms with Crippen molar-refractivity contribution in [2.45, 2.75) is 367 Å². The number of carbonyl (C=O) groups is 4. The summed E-state index contributed by atoms with van der Waals surface area (Å²) in [4.78, 5) is 72.9. The number of aliphatic hydroxyl groups is 1. The van der Waals surface area contributed by atoms with Crippen LogP contribution in [0.15, 0.2) is 72.9 Å². The molecule has 0 aliphatic heterocycles. The van der Waals surface area contributed by atoms with Gasteiger partial charge >= 0.3 is 39.5 Å². The maximum Gasteiger partial charge on any atom is 0.472 e. The predicted octanol–water partition coefficient (Wildman–Crippen LogP) is 22.4. The van der Waals surface area contributed by atoms with E-state index >= 15 is 0 Å². The molecule has 98 heavy (non-hydrogen) atoms. The highest BCUT2D eigenvalue weighted by Crippen LogP contribution is 2.45. The first-order valence-electron chi connectivity index (χ1n) is 39.2. The molecule has 0 rings (SSSR count). The monoisotopic (exact) mass is 1420 g/mol. The topological polar surface area (TPSA) is 237 Å². The summed E-state index contributed by atoms with van der Waals surface area (Å²) in [7, 11) is -9.95. The summed E-state index contributed by atoms with van der Waals surface area (Å²) in [6, 6.07) is 0. The molecule has 0 aliphatic carbocycles. The molecule has 2 unspecified atom stereocenters. The molecular weight excluding hydrogens is 1280 g/mol. The highest BCUT2D eigenvalue weighted by molar-refractivity contribution is 7.47. The van der Waals surface area contributed by atoms with Crippen molar-refractivity contribution in [3.63, 3.8) is 0 Å². The summed E-state index contributed by atoms with van der Waals surface area (Å²) in [5.74, 6) is -2.20. The molecule has 5 atom stereocenters. The lowest BCUT2D eigenvalue weighted by atomic mass is 10.0. The van der Waals surface area contributed by atoms with Crippen LogP contribution in [-0.4, -0.2) is 96.7 Å². The summed E-state index contributed by atoms with van der Waals surface area (Å²) in [6.45, 7) is 4.80. The SMILES string of the molecule is CCCCC/C=C\C/C=C\CCCCCCCC(=O)OC[C@H](COP(=O)(O)OC[C@H](O)COP(=O)(O)OC[C@@H](COC(=O)CCCCCCCCCCCCCCC)OC(=O)CCCCCCC/C=C\C=C/CCCCCC)OC(=O)CCCCCCC/C=C\C=C/CCCCCC. The molecule has 0 amide bonds. The minimum atomic E-state index is -4.98. The number of esters is 4. The second-order valence-electron chi connectivity index (χ2n) is 26.4. The fourth-order valence-electron chi connectivity index (χ4n) is 10.6. The third-order valence-electron chi connectivity index (χ3n) is 16.7. The Morgan fingerprint density at radius 3 is 0.847 bits per heavy atom. The van der Waals surface area contributed by atoms with Crippen molar-refractivity contribution in [1.29, 1.82) is 0 Å². The molecule has 0 aromatic heterocycles. The molecule has 0 fully saturated rings. The number of ether oxygens (including phenoxy) is 4. The summed E-state index contributed by atoms with van der Waals surface area (Å²) >= 11 is 0. The number of rotatable bonds is 74. The van der Waals surface area contributed by atoms with Crippen LogP contribution in [0, 0.1) is 0 Å². The molecule has 3 N–H and O–H groups in total. The average molecular weight is 1430 g/mol. The minimum Gasteiger partial charge on any atom is -0.462 e. The van der Waals surface area contributed by atoms with Crippen molar-refractivity contribution in [3.8, 4) is 0 Å². The van der Waals surface area contributed by atoms with Crippen molar-refractivity contribution >= 4 is 39.5 Å². The average Bonchev–Trinajstić information content (AvgIpc) is 1.04. The van der Waals surface area contributed by atoms with E-state index in [0.29, 0.717) is 25.7 Å². The fraction of sp³-hybridized carbons (Fsp3) is 0.797. The van der Waals surface area contributed by atoms with Gasteiger partial charge in [-0.2, -0.15) is 0 Å². The summed E-state index contributed by atoms with van der Waals surface area (Å²) < 4.78 is 68.5. The summed E-state index contributed by atoms with van der Waals surface area (Å²) in [5.41, 5.74) is 0. The smallest absolute Gasteiger partial charge is 0.462 e. The van der Waals surface area contributed by atoms with Gasteiger partial charge < -0.3 is 33.8 Å². The molecule has 19 heteroatoms. The van der Waals surface area contributed by atoms with Gasteiger partial charge in [-0.1, -0.05) is 287 Å². The van der Waals surface area contributed by atoms with E-state index in [1.807, 2.05) is 0 Å². The molecule has 0 saturated heterocycles. The van der Waals surface area contributed by atoms with Crippen LogP contribution in [0.3, 0.4) is 0 Å². The van der Waals surface area contributed by atoms with Crippen molar-refractivity contribution in [3.05, 3.63) is 72.9 Å². The molecule has 0 radical (unpaired) electrons. The summed E-state index contributed by atoms with van der Waals surface area (Å²) in [5, 5.41) is 10.6. The first-order valence-corrected chi connectivity index (χ1v) is 42.2. The third-order valence-corrected chi connectivity index (χ3v) is 18.6. The third kappa shape index (κ3) is 70.9. The molecule has 0 heterocycles. The van der Waals surface area contributed by atoms with Gasteiger partial charge in [-0.15, -0.1) is 0 Å². The van der Waals surface area contributed by atoms with E-state index < -0.39 is 97.5 Å². The number of phosphoric ester groups is 2. The van der Waals surface area contributed by atoms with Crippen LogP contribution in [-0.2, 0) is 65.4 Å². The molecule has 0 bridgehead atoms. The molecule has 0 aromatic rings. The second kappa shape index (κ2) is 71.9. The van der Waals surface area contributed by atoms with Gasteiger partial charge in [-0.05, 0) is 109 Å². The van der Waals surface area contributed by atoms with Crippen LogP contribution in [0.1, 0.15) is 349 Å². The Balaban J connectivity index is 5.37. The van der Waals surface area contributed by atoms with Crippen LogP contribution in [0.2, 0.25) is 0 Å². The Kier molecular flexibility index (Phi) is 69.3. The Labute approximate surface area is 596 Å². The number of hydrogen-bond donors (Lipinski definition) is 3. The Bertz CT molecular complexity index is 2140. The van der Waals surface area contributed by atoms with E-state index in [9.17, 15) is 43.2 Å². The lowest BCUT2D eigenvalue weighted by Gasteiger charge is -2.21. The predicted molar refractivity (Wildman–Crippen MR) is 400 cm³/mol. The van der Waals surface area contributed by atoms with Gasteiger partial charge in [0, 0.05) is 25.7 Å². The molecule has 0 aliphatic rings. The molecule has 0 spiro atoms. The number of hydrogen-bond acceptors (Lipinski definition) is 15. The van der Waals surface area contributed by atoms with Gasteiger partial charge in [0.05, 0.1) is 26.4 Å². The van der Waals surface area contributed by atoms with Gasteiger partial charge in [0.25, 0.3) is 0 Å². The lowest BCUT2D eigenvalue weighted by Crippen LogP contribution is -2.30. The minimum absolute atomic E-state index is 0.0764. The first kappa shape index (κ1) is 94.5. The zero-order valence-corrected chi connectivity index (χ0v) is 64.0. The van der Waals surface area contributed by atoms with E-state index in [4.69, 9.17) is 37.0 Å². The van der Waals surface area contributed by atoms with Crippen LogP contribution in [0.4, 0.5) is 0 Å². The molecular formula is C79H142O17P2. The van der Waals surface area contributed by atoms with Gasteiger partial charge in [0.1, 0.15) is 19.3 Å². The zero-order chi connectivity index (χ0) is 71.8. The number of carbonyl (C=O) groups excluding carboxylic acids is 4. The van der Waals surface area contributed by atoms with Crippen molar-refractivity contribution in [2.24, 2.45) is 0 Å². The Hall–Kier alpha value is -3.50. The highest BCUT2D eigenvalue weighted by Gasteiger charge is 2.30. The normalized spacial score (nSPS) is 14.3. The van der Waals surface area contributed by atoms with Crippen LogP contribution < -0.4 is 0 Å². The number of phosphoric acid groups is 2. The maximum absolute atomic E-state index is 13.1. The number of allylic oxidation sites excluding steroid dienone is 12. The van der Waals surface area contributed by atoms with E-state index in [0.717, 1.165) is 141 Å². The standard InChI is InChI=1S/C79H142O17P2/c1-5-9-13-17-21-25-29-33-36-40-44-48-52-56-60-64-77(82)90-70-75(96-79(84)66-62-58-54-50-46-42-38-35-31-27-23-19-15-11-7-3)72-94-98(87,88)92-68-73(80)67-91-97(85,86)93-71-74(69-89-76(81)63-59-55-51-47-43-39-32-28-24-20-16-12-8-4)95-78(83)65-61-57-53-49-45-41-37-34-30-26-22-18-14-10-6-2/h21,25-27,30-31,33-38,73-75,80H,5-20,22-24,28-29,32,39-72H2,1-4H3,(H,85,86)(H,87,88)/b25-21-,30-26-,31-27-,36-33-,37-34-,38-35-/t73-,74-,75-/m1/s1. The van der Waals surface area contributed by atoms with E-state index in [2.05, 4.69) is 101 Å². The van der Waals surface area contributed by atoms with Crippen LogP contribution in [0.5, 0.6) is 0 Å². The molecule has 570 valence electrons. The van der Waals surface area contributed by atoms with Gasteiger partial charge in [0.15, 0.2) is 12.2 Å². The van der Waals surface area contributed by atoms with E-state index in [-0.39, 0.29) is 25.7 Å². The largest absolute Gasteiger partial charge is 0.472 e. The quantitative estimate of drug-likeness (QED) is 0.0128. The van der Waals surface area contributed by atoms with Gasteiger partial charge in [-0.25, -0.2) is 9.13 Å². The molecule has 0 aromatic carbocycles. The van der Waals surface area contributed by atoms with Gasteiger partial charge in [-0.3, -0.25) is 37.3 Å². The van der Waals surface area contributed by atoms with Crippen LogP contribution in [0.25, 0.3) is 0 Å². The van der Waals surface area contributed by atoms with Gasteiger partial charge in [0.2, 0.25) is 0 Å². The number of unbranched alkanes of at least 4 members (excludes halogenated alkanes) is 38. The number of aliphatic hydroxyl groups excluding tert-OH is 1. The summed E-state index contributed by atoms with van der Waals surface area (Å²) in [6.07, 6.45) is 71.6. The van der Waals surface area contributed by atoms with Crippen molar-refractivity contribution in [2.75, 3.05) is 39.6 Å². The van der Waals surface area contributed by atoms with Crippen molar-refractivity contribution in [1.82, 2.24) is 0 Å². The second-order valence-corrected chi connectivity index (χ2v) is 29.3. The molecule has 17 nitrogen and oxygen atoms in total. The Morgan fingerprint density at radius 1 is 0.296 bits per heavy atom. The zero-order valence-electron chi connectivity index (χ0n) is 62.2. The van der Waals surface area contributed by atoms with Crippen LogP contribution >= 0.6 is 15.6 Å². The van der Waals surface area contributed by atoms with Crippen molar-refractivity contribution < 1.29 is 80.2 Å². The highest BCUT2D eigenvalue weighted by atomic mass is 31.2. The fourth-order valence-corrected chi connectivity index (χ4v) is 12.2.